The molecule has 0 saturated carbocycles. The highest BCUT2D eigenvalue weighted by Crippen LogP contribution is 2.26. The second-order valence-electron chi connectivity index (χ2n) is 7.76. The number of piperazine rings is 1. The van der Waals surface area contributed by atoms with Crippen molar-refractivity contribution in [3.8, 4) is 0 Å². The third-order valence-electron chi connectivity index (χ3n) is 4.77. The highest BCUT2D eigenvalue weighted by Gasteiger charge is 2.35. The molecule has 1 N–H and O–H groups in total. The Hall–Kier alpha value is -0.130. The summed E-state index contributed by atoms with van der Waals surface area (Å²) in [6.45, 7) is 14.2. The molecule has 0 aromatic heterocycles. The molecule has 0 radical (unpaired) electrons. The Balaban J connectivity index is 2.69. The fourth-order valence-corrected chi connectivity index (χ4v) is 3.68. The first-order valence-electron chi connectivity index (χ1n) is 8.19. The maximum atomic E-state index is 11.3. The van der Waals surface area contributed by atoms with Gasteiger partial charge in [-0.1, -0.05) is 41.0 Å². The van der Waals surface area contributed by atoms with E-state index in [0.29, 0.717) is 23.8 Å². The Morgan fingerprint density at radius 1 is 1.33 bits per heavy atom. The van der Waals surface area contributed by atoms with Crippen LogP contribution in [0.5, 0.6) is 0 Å². The van der Waals surface area contributed by atoms with Crippen molar-refractivity contribution in [2.75, 3.05) is 31.6 Å². The Kier molecular flexibility index (Phi) is 6.69. The Morgan fingerprint density at radius 2 is 1.95 bits per heavy atom. The van der Waals surface area contributed by atoms with Gasteiger partial charge in [0.1, 0.15) is 9.84 Å². The minimum absolute atomic E-state index is 0.232. The topological polar surface area (TPSA) is 49.4 Å². The molecular formula is C16H34N2O2S. The summed E-state index contributed by atoms with van der Waals surface area (Å²) in [5.74, 6) is 0.932. The lowest BCUT2D eigenvalue weighted by molar-refractivity contribution is 0.0585. The second-order valence-corrected chi connectivity index (χ2v) is 10.0. The van der Waals surface area contributed by atoms with Crippen molar-refractivity contribution in [2.45, 2.75) is 59.5 Å². The molecule has 3 atom stereocenters. The van der Waals surface area contributed by atoms with Crippen molar-refractivity contribution in [1.82, 2.24) is 10.2 Å². The third kappa shape index (κ3) is 6.25. The minimum atomic E-state index is -2.85. The maximum Gasteiger partial charge on any atom is 0.147 e. The molecule has 1 rings (SSSR count). The van der Waals surface area contributed by atoms with Gasteiger partial charge in [-0.05, 0) is 24.3 Å². The smallest absolute Gasteiger partial charge is 0.147 e. The van der Waals surface area contributed by atoms with E-state index in [-0.39, 0.29) is 5.41 Å². The largest absolute Gasteiger partial charge is 0.311 e. The van der Waals surface area contributed by atoms with Crippen LogP contribution in [0.3, 0.4) is 0 Å². The standard InChI is InChI=1S/C16H34N2O2S/c1-7-13(2)14-11-17-15(16(3,4)5)12-18(14)9-8-10-21(6,19)20/h13-15,17H,7-12H2,1-6H3. The van der Waals surface area contributed by atoms with Gasteiger partial charge in [-0.3, -0.25) is 4.90 Å². The lowest BCUT2D eigenvalue weighted by Crippen LogP contribution is -2.62. The Labute approximate surface area is 131 Å². The van der Waals surface area contributed by atoms with Gasteiger partial charge in [-0.25, -0.2) is 8.42 Å². The van der Waals surface area contributed by atoms with Gasteiger partial charge in [0.25, 0.3) is 0 Å². The lowest BCUT2D eigenvalue weighted by atomic mass is 9.83. The van der Waals surface area contributed by atoms with Crippen LogP contribution in [0, 0.1) is 11.3 Å². The van der Waals surface area contributed by atoms with Crippen LogP contribution < -0.4 is 5.32 Å². The van der Waals surface area contributed by atoms with Crippen LogP contribution in [0.1, 0.15) is 47.5 Å². The summed E-state index contributed by atoms with van der Waals surface area (Å²) in [6.07, 6.45) is 3.23. The van der Waals surface area contributed by atoms with E-state index in [1.807, 2.05) is 0 Å². The molecular weight excluding hydrogens is 284 g/mol. The molecule has 3 unspecified atom stereocenters. The molecule has 126 valence electrons. The molecule has 0 aromatic carbocycles. The number of rotatable bonds is 6. The van der Waals surface area contributed by atoms with E-state index in [1.54, 1.807) is 0 Å². The van der Waals surface area contributed by atoms with Crippen LogP contribution in [-0.4, -0.2) is 57.0 Å². The zero-order valence-corrected chi connectivity index (χ0v) is 15.5. The SMILES string of the molecule is CCC(C)C1CNC(C(C)(C)C)CN1CCCS(C)(=O)=O. The molecule has 4 nitrogen and oxygen atoms in total. The molecule has 1 aliphatic rings. The quantitative estimate of drug-likeness (QED) is 0.815. The summed E-state index contributed by atoms with van der Waals surface area (Å²) in [5, 5.41) is 3.70. The monoisotopic (exact) mass is 318 g/mol. The van der Waals surface area contributed by atoms with Crippen LogP contribution in [0.15, 0.2) is 0 Å². The van der Waals surface area contributed by atoms with E-state index in [2.05, 4.69) is 44.8 Å². The van der Waals surface area contributed by atoms with Gasteiger partial charge in [0.05, 0.1) is 5.75 Å². The van der Waals surface area contributed by atoms with Crippen LogP contribution in [0.2, 0.25) is 0 Å². The molecule has 0 aliphatic carbocycles. The van der Waals surface area contributed by atoms with Gasteiger partial charge in [0.15, 0.2) is 0 Å². The van der Waals surface area contributed by atoms with E-state index >= 15 is 0 Å². The van der Waals surface area contributed by atoms with Gasteiger partial charge >= 0.3 is 0 Å². The summed E-state index contributed by atoms with van der Waals surface area (Å²) in [6, 6.07) is 0.990. The van der Waals surface area contributed by atoms with Gasteiger partial charge < -0.3 is 5.32 Å². The number of hydrogen-bond acceptors (Lipinski definition) is 4. The summed E-state index contributed by atoms with van der Waals surface area (Å²) in [4.78, 5) is 2.52. The Morgan fingerprint density at radius 3 is 2.43 bits per heavy atom. The molecule has 0 amide bonds. The fraction of sp³-hybridized carbons (Fsp3) is 1.00. The van der Waals surface area contributed by atoms with E-state index in [9.17, 15) is 8.42 Å². The van der Waals surface area contributed by atoms with Crippen molar-refractivity contribution < 1.29 is 8.42 Å². The van der Waals surface area contributed by atoms with E-state index in [0.717, 1.165) is 32.5 Å². The normalized spacial score (nSPS) is 26.8. The molecule has 0 spiro atoms. The molecule has 5 heteroatoms. The van der Waals surface area contributed by atoms with Crippen molar-refractivity contribution in [1.29, 1.82) is 0 Å². The average Bonchev–Trinajstić information content (AvgIpc) is 2.35. The van der Waals surface area contributed by atoms with Crippen LogP contribution in [0.4, 0.5) is 0 Å². The highest BCUT2D eigenvalue weighted by molar-refractivity contribution is 7.90. The van der Waals surface area contributed by atoms with Crippen molar-refractivity contribution >= 4 is 9.84 Å². The van der Waals surface area contributed by atoms with E-state index in [4.69, 9.17) is 0 Å². The number of sulfone groups is 1. The van der Waals surface area contributed by atoms with Crippen LogP contribution >= 0.6 is 0 Å². The molecule has 1 heterocycles. The third-order valence-corrected chi connectivity index (χ3v) is 5.80. The minimum Gasteiger partial charge on any atom is -0.311 e. The molecule has 21 heavy (non-hydrogen) atoms. The fourth-order valence-electron chi connectivity index (χ4n) is 3.03. The zero-order chi connectivity index (χ0) is 16.3. The summed E-state index contributed by atoms with van der Waals surface area (Å²) in [5.41, 5.74) is 0.232. The van der Waals surface area contributed by atoms with Crippen LogP contribution in [0.25, 0.3) is 0 Å². The lowest BCUT2D eigenvalue weighted by Gasteiger charge is -2.47. The van der Waals surface area contributed by atoms with Gasteiger partial charge in [0, 0.05) is 31.4 Å². The molecule has 1 fully saturated rings. The summed E-state index contributed by atoms with van der Waals surface area (Å²) < 4.78 is 22.7. The predicted molar refractivity (Wildman–Crippen MR) is 90.4 cm³/mol. The summed E-state index contributed by atoms with van der Waals surface area (Å²) in [7, 11) is -2.85. The average molecular weight is 319 g/mol. The van der Waals surface area contributed by atoms with Crippen molar-refractivity contribution in [2.24, 2.45) is 11.3 Å². The number of nitrogens with zero attached hydrogens (tertiary/aromatic N) is 1. The van der Waals surface area contributed by atoms with Gasteiger partial charge in [-0.2, -0.15) is 0 Å². The predicted octanol–water partition coefficient (Wildman–Crippen LogP) is 2.16. The van der Waals surface area contributed by atoms with Crippen molar-refractivity contribution in [3.05, 3.63) is 0 Å². The Bertz CT molecular complexity index is 414. The van der Waals surface area contributed by atoms with Gasteiger partial charge in [0.2, 0.25) is 0 Å². The molecule has 1 aliphatic heterocycles. The zero-order valence-electron chi connectivity index (χ0n) is 14.6. The second kappa shape index (κ2) is 7.42. The first kappa shape index (κ1) is 18.9. The first-order valence-corrected chi connectivity index (χ1v) is 10.3. The number of nitrogens with one attached hydrogen (secondary N) is 1. The van der Waals surface area contributed by atoms with Crippen LogP contribution in [-0.2, 0) is 9.84 Å². The maximum absolute atomic E-state index is 11.3. The molecule has 0 bridgehead atoms. The summed E-state index contributed by atoms with van der Waals surface area (Å²) >= 11 is 0. The van der Waals surface area contributed by atoms with E-state index < -0.39 is 9.84 Å². The molecule has 0 aromatic rings. The highest BCUT2D eigenvalue weighted by atomic mass is 32.2. The van der Waals surface area contributed by atoms with Crippen molar-refractivity contribution in [3.63, 3.8) is 0 Å². The number of hydrogen-bond donors (Lipinski definition) is 1. The van der Waals surface area contributed by atoms with Gasteiger partial charge in [-0.15, -0.1) is 0 Å². The van der Waals surface area contributed by atoms with E-state index in [1.165, 1.54) is 6.26 Å². The first-order chi connectivity index (χ1) is 9.54. The molecule has 1 saturated heterocycles.